The zero-order chi connectivity index (χ0) is 24.2. The maximum atomic E-state index is 14.0. The second-order valence-corrected chi connectivity index (χ2v) is 10.7. The lowest BCUT2D eigenvalue weighted by Gasteiger charge is -2.39. The molecule has 3 aromatic rings. The maximum absolute atomic E-state index is 14.0. The number of amides is 1. The van der Waals surface area contributed by atoms with Crippen LogP contribution in [0.15, 0.2) is 71.6 Å². The zero-order valence-corrected chi connectivity index (χ0v) is 21.4. The van der Waals surface area contributed by atoms with E-state index in [1.807, 2.05) is 36.4 Å². The number of carbonyl (C=O) groups is 1. The van der Waals surface area contributed by atoms with Crippen LogP contribution in [0.1, 0.15) is 51.5 Å². The Morgan fingerprint density at radius 3 is 2.60 bits per heavy atom. The van der Waals surface area contributed by atoms with Gasteiger partial charge in [-0.1, -0.05) is 87.0 Å². The third-order valence-electron chi connectivity index (χ3n) is 7.09. The van der Waals surface area contributed by atoms with Gasteiger partial charge >= 0.3 is 0 Å². The number of thioether (sulfide) groups is 1. The Morgan fingerprint density at radius 1 is 1.03 bits per heavy atom. The van der Waals surface area contributed by atoms with Crippen molar-refractivity contribution in [3.05, 3.63) is 77.2 Å². The third-order valence-corrected chi connectivity index (χ3v) is 8.21. The van der Waals surface area contributed by atoms with Crippen molar-refractivity contribution in [1.82, 2.24) is 4.90 Å². The molecule has 3 aromatic carbocycles. The minimum absolute atomic E-state index is 0.122. The van der Waals surface area contributed by atoms with Crippen LogP contribution in [0.5, 0.6) is 5.75 Å². The van der Waals surface area contributed by atoms with E-state index < -0.39 is 0 Å². The summed E-state index contributed by atoms with van der Waals surface area (Å²) >= 11 is 1.62. The molecule has 0 spiro atoms. The van der Waals surface area contributed by atoms with Gasteiger partial charge in [-0.25, -0.2) is 0 Å². The number of rotatable bonds is 7. The summed E-state index contributed by atoms with van der Waals surface area (Å²) in [6.07, 6.45) is 7.67. The summed E-state index contributed by atoms with van der Waals surface area (Å²) in [5.74, 6) is 1.45. The van der Waals surface area contributed by atoms with E-state index in [9.17, 15) is 4.79 Å². The van der Waals surface area contributed by atoms with Gasteiger partial charge in [0.05, 0.1) is 11.5 Å². The predicted molar refractivity (Wildman–Crippen MR) is 147 cm³/mol. The van der Waals surface area contributed by atoms with Crippen LogP contribution < -0.4 is 10.1 Å². The molecule has 5 rings (SSSR count). The second kappa shape index (κ2) is 10.8. The van der Waals surface area contributed by atoms with Crippen LogP contribution in [-0.2, 0) is 4.79 Å². The van der Waals surface area contributed by atoms with Crippen LogP contribution in [0.2, 0.25) is 0 Å². The topological polar surface area (TPSA) is 41.6 Å². The first-order chi connectivity index (χ1) is 17.2. The van der Waals surface area contributed by atoms with E-state index in [4.69, 9.17) is 4.74 Å². The van der Waals surface area contributed by atoms with Gasteiger partial charge in [0.15, 0.2) is 5.50 Å². The Morgan fingerprint density at radius 2 is 1.80 bits per heavy atom. The number of ether oxygens (including phenoxy) is 1. The van der Waals surface area contributed by atoms with Crippen LogP contribution in [0.3, 0.4) is 0 Å². The average Bonchev–Trinajstić information content (AvgIpc) is 3.18. The Bertz CT molecular complexity index is 1210. The average molecular weight is 487 g/mol. The second-order valence-electron chi connectivity index (χ2n) is 9.58. The van der Waals surface area contributed by atoms with Gasteiger partial charge in [0, 0.05) is 17.3 Å². The summed E-state index contributed by atoms with van der Waals surface area (Å²) in [7, 11) is 0. The lowest BCUT2D eigenvalue weighted by molar-refractivity contribution is -0.129. The molecule has 1 saturated heterocycles. The van der Waals surface area contributed by atoms with Gasteiger partial charge in [-0.05, 0) is 60.2 Å². The normalized spacial score (nSPS) is 23.7. The van der Waals surface area contributed by atoms with Crippen molar-refractivity contribution in [2.75, 3.05) is 11.9 Å². The number of para-hydroxylation sites is 1. The summed E-state index contributed by atoms with van der Waals surface area (Å²) < 4.78 is 6.13. The van der Waals surface area contributed by atoms with Crippen molar-refractivity contribution in [1.29, 1.82) is 0 Å². The summed E-state index contributed by atoms with van der Waals surface area (Å²) in [5, 5.41) is 5.90. The molecule has 4 nitrogen and oxygen atoms in total. The number of benzene rings is 3. The molecule has 0 bridgehead atoms. The van der Waals surface area contributed by atoms with Gasteiger partial charge in [-0.2, -0.15) is 0 Å². The van der Waals surface area contributed by atoms with Crippen molar-refractivity contribution >= 4 is 40.2 Å². The molecule has 1 amide bonds. The van der Waals surface area contributed by atoms with E-state index in [-0.39, 0.29) is 17.4 Å². The molecule has 1 N–H and O–H groups in total. The Labute approximate surface area is 212 Å². The lowest BCUT2D eigenvalue weighted by atomic mass is 9.85. The molecule has 35 heavy (non-hydrogen) atoms. The van der Waals surface area contributed by atoms with Crippen molar-refractivity contribution in [3.8, 4) is 5.75 Å². The molecule has 2 aliphatic rings. The van der Waals surface area contributed by atoms with E-state index in [1.165, 1.54) is 19.3 Å². The first kappa shape index (κ1) is 23.8. The van der Waals surface area contributed by atoms with Crippen LogP contribution in [0.4, 0.5) is 5.69 Å². The molecule has 3 atom stereocenters. The van der Waals surface area contributed by atoms with Gasteiger partial charge in [0.25, 0.3) is 5.91 Å². The highest BCUT2D eigenvalue weighted by Gasteiger charge is 2.43. The summed E-state index contributed by atoms with van der Waals surface area (Å²) in [6.45, 7) is 5.06. The van der Waals surface area contributed by atoms with Crippen LogP contribution >= 0.6 is 11.8 Å². The highest BCUT2D eigenvalue weighted by atomic mass is 32.2. The molecule has 182 valence electrons. The van der Waals surface area contributed by atoms with Gasteiger partial charge in [-0.3, -0.25) is 4.79 Å². The fourth-order valence-electron chi connectivity index (χ4n) is 5.26. The first-order valence-corrected chi connectivity index (χ1v) is 13.7. The predicted octanol–water partition coefficient (Wildman–Crippen LogP) is 7.52. The third kappa shape index (κ3) is 5.06. The molecule has 1 saturated carbocycles. The Kier molecular flexibility index (Phi) is 7.33. The van der Waals surface area contributed by atoms with E-state index in [2.05, 4.69) is 60.5 Å². The maximum Gasteiger partial charge on any atom is 0.262 e. The SMILES string of the molecule is CCCOc1ccc2ccccc2c1/C=C1\SC(Nc2ccccc2)N([C@@H]2CCCC[C@H]2C)C1=O. The number of nitrogens with one attached hydrogen (secondary N) is 1. The van der Waals surface area contributed by atoms with Crippen molar-refractivity contribution in [3.63, 3.8) is 0 Å². The zero-order valence-electron chi connectivity index (χ0n) is 20.6. The molecule has 1 aliphatic carbocycles. The van der Waals surface area contributed by atoms with Crippen LogP contribution in [-0.4, -0.2) is 29.0 Å². The lowest BCUT2D eigenvalue weighted by Crippen LogP contribution is -2.48. The number of hydrogen-bond acceptors (Lipinski definition) is 4. The van der Waals surface area contributed by atoms with E-state index in [1.54, 1.807) is 11.8 Å². The number of hydrogen-bond donors (Lipinski definition) is 1. The number of carbonyl (C=O) groups excluding carboxylic acids is 1. The molecular formula is C30H34N2O2S. The van der Waals surface area contributed by atoms with Crippen molar-refractivity contribution < 1.29 is 9.53 Å². The monoisotopic (exact) mass is 486 g/mol. The van der Waals surface area contributed by atoms with E-state index >= 15 is 0 Å². The number of nitrogens with zero attached hydrogens (tertiary/aromatic N) is 1. The summed E-state index contributed by atoms with van der Waals surface area (Å²) in [4.78, 5) is 16.9. The van der Waals surface area contributed by atoms with Gasteiger partial charge in [-0.15, -0.1) is 0 Å². The van der Waals surface area contributed by atoms with Crippen molar-refractivity contribution in [2.45, 2.75) is 57.5 Å². The van der Waals surface area contributed by atoms with E-state index in [0.29, 0.717) is 12.5 Å². The standard InChI is InChI=1S/C30H34N2O2S/c1-3-19-34-27-18-17-22-12-8-9-15-24(22)25(27)20-28-29(33)32(26-16-10-7-11-21(26)2)30(35-28)31-23-13-5-4-6-14-23/h4-6,8-9,12-15,17-18,20-21,26,30-31H,3,7,10-11,16,19H2,1-2H3/b28-20-/t21-,26-,30?/m1/s1. The summed E-state index contributed by atoms with van der Waals surface area (Å²) in [5.41, 5.74) is 1.89. The smallest absolute Gasteiger partial charge is 0.262 e. The van der Waals surface area contributed by atoms with Gasteiger partial charge < -0.3 is 15.0 Å². The molecule has 1 aliphatic heterocycles. The van der Waals surface area contributed by atoms with Crippen molar-refractivity contribution in [2.24, 2.45) is 5.92 Å². The van der Waals surface area contributed by atoms with Crippen LogP contribution in [0.25, 0.3) is 16.8 Å². The first-order valence-electron chi connectivity index (χ1n) is 12.8. The Balaban J connectivity index is 1.55. The molecule has 0 aromatic heterocycles. The minimum Gasteiger partial charge on any atom is -0.493 e. The van der Waals surface area contributed by atoms with Gasteiger partial charge in [0.1, 0.15) is 5.75 Å². The van der Waals surface area contributed by atoms with Gasteiger partial charge in [0.2, 0.25) is 0 Å². The fourth-order valence-corrected chi connectivity index (χ4v) is 6.45. The number of anilines is 1. The van der Waals surface area contributed by atoms with E-state index in [0.717, 1.165) is 45.5 Å². The minimum atomic E-state index is -0.128. The highest BCUT2D eigenvalue weighted by molar-refractivity contribution is 8.05. The molecular weight excluding hydrogens is 452 g/mol. The molecule has 2 fully saturated rings. The molecule has 0 radical (unpaired) electrons. The quantitative estimate of drug-likeness (QED) is 0.351. The Hall–Kier alpha value is -2.92. The highest BCUT2D eigenvalue weighted by Crippen LogP contribution is 2.43. The summed E-state index contributed by atoms with van der Waals surface area (Å²) in [6, 6.07) is 22.9. The molecule has 1 unspecified atom stereocenters. The molecule has 1 heterocycles. The molecule has 5 heteroatoms. The largest absolute Gasteiger partial charge is 0.493 e. The van der Waals surface area contributed by atoms with Crippen LogP contribution in [0, 0.1) is 5.92 Å². The fraction of sp³-hybridized carbons (Fsp3) is 0.367. The number of fused-ring (bicyclic) bond motifs is 1.